The minimum absolute atomic E-state index is 0.284. The molecule has 0 aliphatic heterocycles. The summed E-state index contributed by atoms with van der Waals surface area (Å²) in [5, 5.41) is 19.6. The molecule has 0 heterocycles. The first-order valence-corrected chi connectivity index (χ1v) is 5.80. The van der Waals surface area contributed by atoms with Gasteiger partial charge in [0, 0.05) is 0 Å². The smallest absolute Gasteiger partial charge is 0.310 e. The van der Waals surface area contributed by atoms with Crippen LogP contribution in [0, 0.1) is 11.3 Å². The van der Waals surface area contributed by atoms with Crippen molar-refractivity contribution in [1.82, 2.24) is 0 Å². The summed E-state index contributed by atoms with van der Waals surface area (Å²) in [5.41, 5.74) is -0.847. The Labute approximate surface area is 97.6 Å². The number of ether oxygens (including phenoxy) is 1. The van der Waals surface area contributed by atoms with Gasteiger partial charge in [0.1, 0.15) is 0 Å². The fourth-order valence-corrected chi connectivity index (χ4v) is 1.21. The highest BCUT2D eigenvalue weighted by Crippen LogP contribution is 2.29. The van der Waals surface area contributed by atoms with Gasteiger partial charge >= 0.3 is 5.97 Å². The third-order valence-corrected chi connectivity index (χ3v) is 2.76. The highest BCUT2D eigenvalue weighted by Gasteiger charge is 2.37. The fraction of sp³-hybridized carbons (Fsp3) is 0.917. The molecule has 0 aromatic rings. The summed E-state index contributed by atoms with van der Waals surface area (Å²) >= 11 is 0. The lowest BCUT2D eigenvalue weighted by molar-refractivity contribution is -0.206. The van der Waals surface area contributed by atoms with Crippen LogP contribution in [0.2, 0.25) is 0 Å². The Morgan fingerprint density at radius 1 is 1.31 bits per heavy atom. The van der Waals surface area contributed by atoms with E-state index in [2.05, 4.69) is 0 Å². The molecule has 0 bridgehead atoms. The van der Waals surface area contributed by atoms with Gasteiger partial charge in [0.2, 0.25) is 6.29 Å². The molecular weight excluding hydrogens is 208 g/mol. The Morgan fingerprint density at radius 2 is 1.81 bits per heavy atom. The van der Waals surface area contributed by atoms with Gasteiger partial charge in [0.05, 0.1) is 17.4 Å². The van der Waals surface area contributed by atoms with E-state index >= 15 is 0 Å². The van der Waals surface area contributed by atoms with Crippen LogP contribution in [-0.4, -0.2) is 28.6 Å². The van der Waals surface area contributed by atoms with Crippen LogP contribution in [0.3, 0.4) is 0 Å². The van der Waals surface area contributed by atoms with Crippen molar-refractivity contribution in [2.24, 2.45) is 11.3 Å². The van der Waals surface area contributed by atoms with Gasteiger partial charge in [-0.05, 0) is 6.42 Å². The summed E-state index contributed by atoms with van der Waals surface area (Å²) < 4.78 is 4.90. The van der Waals surface area contributed by atoms with Gasteiger partial charge in [0.15, 0.2) is 0 Å². The first-order chi connectivity index (χ1) is 7.23. The number of hydrogen-bond donors (Lipinski definition) is 2. The SMILES string of the molecule is CCCC(O)C(C)(C)C(O)OC(=O)C(C)C. The van der Waals surface area contributed by atoms with E-state index in [0.717, 1.165) is 6.42 Å². The second-order valence-electron chi connectivity index (χ2n) is 5.07. The first kappa shape index (κ1) is 15.4. The summed E-state index contributed by atoms with van der Waals surface area (Å²) in [5.74, 6) is -0.738. The summed E-state index contributed by atoms with van der Waals surface area (Å²) in [6, 6.07) is 0. The monoisotopic (exact) mass is 232 g/mol. The van der Waals surface area contributed by atoms with E-state index in [4.69, 9.17) is 4.74 Å². The zero-order valence-electron chi connectivity index (χ0n) is 10.9. The normalized spacial score (nSPS) is 16.0. The minimum Gasteiger partial charge on any atom is -0.435 e. The molecule has 16 heavy (non-hydrogen) atoms. The Kier molecular flexibility index (Phi) is 5.97. The number of carbonyl (C=O) groups is 1. The zero-order valence-corrected chi connectivity index (χ0v) is 10.9. The molecule has 0 rings (SSSR count). The molecule has 4 nitrogen and oxygen atoms in total. The van der Waals surface area contributed by atoms with Crippen LogP contribution < -0.4 is 0 Å². The van der Waals surface area contributed by atoms with E-state index in [0.29, 0.717) is 6.42 Å². The van der Waals surface area contributed by atoms with Gasteiger partial charge in [-0.3, -0.25) is 4.79 Å². The van der Waals surface area contributed by atoms with Crippen molar-refractivity contribution >= 4 is 5.97 Å². The lowest BCUT2D eigenvalue weighted by Gasteiger charge is -2.34. The van der Waals surface area contributed by atoms with Gasteiger partial charge in [-0.2, -0.15) is 0 Å². The maximum absolute atomic E-state index is 11.3. The average molecular weight is 232 g/mol. The van der Waals surface area contributed by atoms with E-state index in [9.17, 15) is 15.0 Å². The molecule has 0 aromatic heterocycles. The van der Waals surface area contributed by atoms with Crippen LogP contribution >= 0.6 is 0 Å². The van der Waals surface area contributed by atoms with Crippen molar-refractivity contribution in [3.05, 3.63) is 0 Å². The Balaban J connectivity index is 4.45. The summed E-state index contributed by atoms with van der Waals surface area (Å²) in [7, 11) is 0. The molecule has 0 saturated heterocycles. The molecule has 96 valence electrons. The predicted molar refractivity (Wildman–Crippen MR) is 61.6 cm³/mol. The standard InChI is InChI=1S/C12H24O4/c1-6-7-9(13)12(4,5)11(15)16-10(14)8(2)3/h8-9,11,13,15H,6-7H2,1-5H3. The highest BCUT2D eigenvalue weighted by atomic mass is 16.6. The van der Waals surface area contributed by atoms with Gasteiger partial charge < -0.3 is 14.9 Å². The number of carbonyl (C=O) groups excluding carboxylic acids is 1. The van der Waals surface area contributed by atoms with E-state index in [1.807, 2.05) is 6.92 Å². The lowest BCUT2D eigenvalue weighted by Crippen LogP contribution is -2.43. The van der Waals surface area contributed by atoms with Crippen LogP contribution in [0.15, 0.2) is 0 Å². The maximum Gasteiger partial charge on any atom is 0.310 e. The van der Waals surface area contributed by atoms with Crippen molar-refractivity contribution in [2.45, 2.75) is 59.9 Å². The van der Waals surface area contributed by atoms with E-state index < -0.39 is 23.8 Å². The van der Waals surface area contributed by atoms with Crippen LogP contribution in [0.4, 0.5) is 0 Å². The largest absolute Gasteiger partial charge is 0.435 e. The van der Waals surface area contributed by atoms with Gasteiger partial charge in [0.25, 0.3) is 0 Å². The average Bonchev–Trinajstić information content (AvgIpc) is 2.17. The third kappa shape index (κ3) is 4.10. The third-order valence-electron chi connectivity index (χ3n) is 2.76. The van der Waals surface area contributed by atoms with Crippen molar-refractivity contribution < 1.29 is 19.7 Å². The topological polar surface area (TPSA) is 66.8 Å². The number of aliphatic hydroxyl groups is 2. The highest BCUT2D eigenvalue weighted by molar-refractivity contribution is 5.71. The summed E-state index contributed by atoms with van der Waals surface area (Å²) in [4.78, 5) is 11.3. The van der Waals surface area contributed by atoms with E-state index in [-0.39, 0.29) is 5.92 Å². The lowest BCUT2D eigenvalue weighted by atomic mass is 9.83. The van der Waals surface area contributed by atoms with Gasteiger partial charge in [-0.25, -0.2) is 0 Å². The first-order valence-electron chi connectivity index (χ1n) is 5.80. The van der Waals surface area contributed by atoms with Crippen molar-refractivity contribution in [1.29, 1.82) is 0 Å². The zero-order chi connectivity index (χ0) is 12.9. The van der Waals surface area contributed by atoms with Gasteiger partial charge in [-0.15, -0.1) is 0 Å². The molecule has 0 aromatic carbocycles. The Hall–Kier alpha value is -0.610. The van der Waals surface area contributed by atoms with Crippen LogP contribution in [0.1, 0.15) is 47.5 Å². The molecule has 0 fully saturated rings. The molecule has 4 heteroatoms. The molecule has 0 radical (unpaired) electrons. The number of hydrogen-bond acceptors (Lipinski definition) is 4. The van der Waals surface area contributed by atoms with Crippen molar-refractivity contribution in [2.75, 3.05) is 0 Å². The molecule has 0 aliphatic carbocycles. The number of aliphatic hydroxyl groups excluding tert-OH is 2. The molecule has 2 unspecified atom stereocenters. The second kappa shape index (κ2) is 6.21. The second-order valence-corrected chi connectivity index (χ2v) is 5.07. The summed E-state index contributed by atoms with van der Waals surface area (Å²) in [6.07, 6.45) is -0.574. The van der Waals surface area contributed by atoms with Crippen LogP contribution in [-0.2, 0) is 9.53 Å². The van der Waals surface area contributed by atoms with Crippen LogP contribution in [0.25, 0.3) is 0 Å². The molecule has 2 N–H and O–H groups in total. The number of rotatable bonds is 6. The van der Waals surface area contributed by atoms with Crippen molar-refractivity contribution in [3.8, 4) is 0 Å². The maximum atomic E-state index is 11.3. The molecule has 2 atom stereocenters. The van der Waals surface area contributed by atoms with E-state index in [1.54, 1.807) is 27.7 Å². The molecule has 0 spiro atoms. The molecule has 0 amide bonds. The molecule has 0 saturated carbocycles. The Bertz CT molecular complexity index is 223. The summed E-state index contributed by atoms with van der Waals surface area (Å²) in [6.45, 7) is 8.72. The fourth-order valence-electron chi connectivity index (χ4n) is 1.21. The van der Waals surface area contributed by atoms with Crippen molar-refractivity contribution in [3.63, 3.8) is 0 Å². The number of esters is 1. The van der Waals surface area contributed by atoms with Gasteiger partial charge in [-0.1, -0.05) is 41.0 Å². The van der Waals surface area contributed by atoms with Crippen LogP contribution in [0.5, 0.6) is 0 Å². The van der Waals surface area contributed by atoms with E-state index in [1.165, 1.54) is 0 Å². The predicted octanol–water partition coefficient (Wildman–Crippen LogP) is 1.69. The molecule has 0 aliphatic rings. The molecular formula is C12H24O4. The Morgan fingerprint density at radius 3 is 2.19 bits per heavy atom. The quantitative estimate of drug-likeness (QED) is 0.540. The minimum atomic E-state index is -1.27.